The van der Waals surface area contributed by atoms with Gasteiger partial charge in [0.2, 0.25) is 0 Å². The quantitative estimate of drug-likeness (QED) is 0.657. The molecular weight excluding hydrogens is 150 g/mol. The molecule has 0 amide bonds. The third-order valence-electron chi connectivity index (χ3n) is 2.59. The summed E-state index contributed by atoms with van der Waals surface area (Å²) in [7, 11) is 0. The molecule has 0 aromatic rings. The summed E-state index contributed by atoms with van der Waals surface area (Å²) in [5, 5.41) is 0. The summed E-state index contributed by atoms with van der Waals surface area (Å²) in [5.41, 5.74) is 6.18. The molecule has 0 radical (unpaired) electrons. The van der Waals surface area contributed by atoms with Gasteiger partial charge in [0.05, 0.1) is 6.61 Å². The van der Waals surface area contributed by atoms with Crippen LogP contribution in [0.25, 0.3) is 0 Å². The second-order valence-corrected chi connectivity index (χ2v) is 3.98. The van der Waals surface area contributed by atoms with Crippen LogP contribution in [0.1, 0.15) is 45.4 Å². The summed E-state index contributed by atoms with van der Waals surface area (Å²) >= 11 is 0. The Bertz CT molecular complexity index is 119. The van der Waals surface area contributed by atoms with Gasteiger partial charge >= 0.3 is 0 Å². The second-order valence-electron chi connectivity index (χ2n) is 3.98. The van der Waals surface area contributed by atoms with E-state index < -0.39 is 0 Å². The highest BCUT2D eigenvalue weighted by molar-refractivity contribution is 4.86. The van der Waals surface area contributed by atoms with Crippen LogP contribution >= 0.6 is 0 Å². The van der Waals surface area contributed by atoms with Crippen LogP contribution in [0, 0.1) is 0 Å². The van der Waals surface area contributed by atoms with Crippen molar-refractivity contribution < 1.29 is 4.74 Å². The first-order chi connectivity index (χ1) is 5.77. The number of hydrogen-bond donors (Lipinski definition) is 1. The van der Waals surface area contributed by atoms with Crippen LogP contribution in [0.15, 0.2) is 0 Å². The smallest absolute Gasteiger partial charge is 0.0646 e. The number of hydrogen-bond acceptors (Lipinski definition) is 2. The van der Waals surface area contributed by atoms with Gasteiger partial charge in [-0.05, 0) is 19.3 Å². The molecule has 2 nitrogen and oxygen atoms in total. The summed E-state index contributed by atoms with van der Waals surface area (Å²) in [4.78, 5) is 0. The van der Waals surface area contributed by atoms with Crippen LogP contribution in [-0.4, -0.2) is 18.8 Å². The van der Waals surface area contributed by atoms with Crippen molar-refractivity contribution in [2.45, 2.75) is 51.0 Å². The first-order valence-corrected chi connectivity index (χ1v) is 5.13. The zero-order valence-electron chi connectivity index (χ0n) is 8.14. The molecule has 0 heterocycles. The Morgan fingerprint density at radius 1 is 1.25 bits per heavy atom. The van der Waals surface area contributed by atoms with Crippen LogP contribution in [0.4, 0.5) is 0 Å². The molecule has 2 heteroatoms. The highest BCUT2D eigenvalue weighted by atomic mass is 16.5. The van der Waals surface area contributed by atoms with E-state index in [2.05, 4.69) is 6.92 Å². The molecule has 72 valence electrons. The van der Waals surface area contributed by atoms with Crippen LogP contribution in [0.2, 0.25) is 0 Å². The van der Waals surface area contributed by atoms with Gasteiger partial charge in [-0.2, -0.15) is 0 Å². The van der Waals surface area contributed by atoms with Gasteiger partial charge in [0.25, 0.3) is 0 Å². The van der Waals surface area contributed by atoms with E-state index in [0.29, 0.717) is 0 Å². The fraction of sp³-hybridized carbons (Fsp3) is 1.00. The Morgan fingerprint density at radius 3 is 2.50 bits per heavy atom. The molecule has 1 saturated carbocycles. The second kappa shape index (κ2) is 4.83. The molecule has 1 rings (SSSR count). The number of nitrogens with two attached hydrogens (primary N) is 1. The van der Waals surface area contributed by atoms with Crippen LogP contribution in [0.3, 0.4) is 0 Å². The van der Waals surface area contributed by atoms with Gasteiger partial charge in [0.1, 0.15) is 0 Å². The minimum atomic E-state index is 0.00736. The molecule has 2 N–H and O–H groups in total. The molecule has 1 aliphatic carbocycles. The Morgan fingerprint density at radius 2 is 1.92 bits per heavy atom. The van der Waals surface area contributed by atoms with E-state index in [1.807, 2.05) is 0 Å². The minimum Gasteiger partial charge on any atom is -0.380 e. The average Bonchev–Trinajstić information content (AvgIpc) is 2.06. The van der Waals surface area contributed by atoms with E-state index >= 15 is 0 Å². The maximum Gasteiger partial charge on any atom is 0.0646 e. The van der Waals surface area contributed by atoms with Crippen molar-refractivity contribution in [1.82, 2.24) is 0 Å². The van der Waals surface area contributed by atoms with Gasteiger partial charge < -0.3 is 10.5 Å². The van der Waals surface area contributed by atoms with Crippen LogP contribution < -0.4 is 5.73 Å². The lowest BCUT2D eigenvalue weighted by Gasteiger charge is -2.32. The van der Waals surface area contributed by atoms with E-state index in [1.165, 1.54) is 19.3 Å². The van der Waals surface area contributed by atoms with Gasteiger partial charge in [-0.1, -0.05) is 26.2 Å². The summed E-state index contributed by atoms with van der Waals surface area (Å²) in [6.45, 7) is 3.75. The summed E-state index contributed by atoms with van der Waals surface area (Å²) < 4.78 is 5.50. The molecule has 0 aromatic heterocycles. The molecule has 1 fully saturated rings. The zero-order valence-corrected chi connectivity index (χ0v) is 8.14. The number of rotatable bonds is 4. The molecule has 0 spiro atoms. The maximum absolute atomic E-state index is 6.17. The van der Waals surface area contributed by atoms with E-state index in [4.69, 9.17) is 10.5 Å². The molecule has 0 unspecified atom stereocenters. The fourth-order valence-corrected chi connectivity index (χ4v) is 1.82. The molecule has 12 heavy (non-hydrogen) atoms. The average molecular weight is 171 g/mol. The van der Waals surface area contributed by atoms with Gasteiger partial charge in [-0.3, -0.25) is 0 Å². The van der Waals surface area contributed by atoms with Crippen molar-refractivity contribution >= 4 is 0 Å². The molecule has 0 atom stereocenters. The Kier molecular flexibility index (Phi) is 4.02. The third kappa shape index (κ3) is 3.11. The molecular formula is C10H21NO. The van der Waals surface area contributed by atoms with Crippen molar-refractivity contribution in [3.05, 3.63) is 0 Å². The monoisotopic (exact) mass is 171 g/mol. The van der Waals surface area contributed by atoms with E-state index in [9.17, 15) is 0 Å². The van der Waals surface area contributed by atoms with Crippen molar-refractivity contribution in [3.8, 4) is 0 Å². The maximum atomic E-state index is 6.17. The highest BCUT2D eigenvalue weighted by Crippen LogP contribution is 2.25. The zero-order chi connectivity index (χ0) is 8.86. The standard InChI is InChI=1S/C10H21NO/c1-2-8-12-9-10(11)6-4-3-5-7-10/h2-9,11H2,1H3. The molecule has 0 aliphatic heterocycles. The van der Waals surface area contributed by atoms with Gasteiger partial charge in [-0.25, -0.2) is 0 Å². The van der Waals surface area contributed by atoms with E-state index in [-0.39, 0.29) is 5.54 Å². The lowest BCUT2D eigenvalue weighted by atomic mass is 9.83. The van der Waals surface area contributed by atoms with Crippen LogP contribution in [0.5, 0.6) is 0 Å². The first kappa shape index (κ1) is 10.0. The van der Waals surface area contributed by atoms with Crippen molar-refractivity contribution in [2.24, 2.45) is 5.73 Å². The Hall–Kier alpha value is -0.0800. The minimum absolute atomic E-state index is 0.00736. The number of ether oxygens (including phenoxy) is 1. The van der Waals surface area contributed by atoms with Crippen LogP contribution in [-0.2, 0) is 4.74 Å². The SMILES string of the molecule is CCCOCC1(N)CCCCC1. The predicted octanol–water partition coefficient (Wildman–Crippen LogP) is 2.07. The fourth-order valence-electron chi connectivity index (χ4n) is 1.82. The lowest BCUT2D eigenvalue weighted by Crippen LogP contribution is -2.46. The largest absolute Gasteiger partial charge is 0.380 e. The van der Waals surface area contributed by atoms with Gasteiger partial charge in [0.15, 0.2) is 0 Å². The normalized spacial score (nSPS) is 22.5. The topological polar surface area (TPSA) is 35.2 Å². The lowest BCUT2D eigenvalue weighted by molar-refractivity contribution is 0.0683. The van der Waals surface area contributed by atoms with Crippen molar-refractivity contribution in [1.29, 1.82) is 0 Å². The summed E-state index contributed by atoms with van der Waals surface area (Å²) in [6, 6.07) is 0. The Labute approximate surface area is 75.5 Å². The molecule has 0 aromatic carbocycles. The highest BCUT2D eigenvalue weighted by Gasteiger charge is 2.27. The summed E-state index contributed by atoms with van der Waals surface area (Å²) in [5.74, 6) is 0. The van der Waals surface area contributed by atoms with Crippen molar-refractivity contribution in [2.75, 3.05) is 13.2 Å². The molecule has 1 aliphatic rings. The third-order valence-corrected chi connectivity index (χ3v) is 2.59. The molecule has 0 saturated heterocycles. The van der Waals surface area contributed by atoms with Crippen molar-refractivity contribution in [3.63, 3.8) is 0 Å². The predicted molar refractivity (Wildman–Crippen MR) is 51.1 cm³/mol. The van der Waals surface area contributed by atoms with Gasteiger partial charge in [-0.15, -0.1) is 0 Å². The molecule has 0 bridgehead atoms. The van der Waals surface area contributed by atoms with Gasteiger partial charge in [0, 0.05) is 12.1 Å². The Balaban J connectivity index is 2.17. The first-order valence-electron chi connectivity index (χ1n) is 5.13. The van der Waals surface area contributed by atoms with E-state index in [1.54, 1.807) is 0 Å². The van der Waals surface area contributed by atoms with E-state index in [0.717, 1.165) is 32.5 Å². The summed E-state index contributed by atoms with van der Waals surface area (Å²) in [6.07, 6.45) is 7.31.